The minimum absolute atomic E-state index is 1.53. The lowest BCUT2D eigenvalue weighted by molar-refractivity contribution is -0.404. The molecule has 0 amide bonds. The molecule has 0 aliphatic rings. The largest absolute Gasteiger partial charge is 0.375 e. The minimum atomic E-state index is -8.76. The Hall–Kier alpha value is -1.68. The molecule has 3 atom stereocenters. The molecular formula is C16H10F24. The lowest BCUT2D eigenvalue weighted by Gasteiger charge is -2.52. The first-order valence-corrected chi connectivity index (χ1v) is 9.24. The summed E-state index contributed by atoms with van der Waals surface area (Å²) in [7, 11) is 0. The van der Waals surface area contributed by atoms with Gasteiger partial charge in [-0.25, -0.2) is 52.7 Å². The quantitative estimate of drug-likeness (QED) is 0.164. The van der Waals surface area contributed by atoms with E-state index >= 15 is 8.78 Å². The van der Waals surface area contributed by atoms with E-state index in [4.69, 9.17) is 0 Å². The van der Waals surface area contributed by atoms with E-state index in [-0.39, 0.29) is 0 Å². The molecule has 0 nitrogen and oxygen atoms in total. The molecule has 0 aliphatic heterocycles. The molecule has 3 unspecified atom stereocenters. The van der Waals surface area contributed by atoms with E-state index in [1.807, 2.05) is 0 Å². The van der Waals surface area contributed by atoms with Gasteiger partial charge in [0.2, 0.25) is 11.8 Å². The van der Waals surface area contributed by atoms with Crippen molar-refractivity contribution in [2.75, 3.05) is 0 Å². The van der Waals surface area contributed by atoms with Crippen molar-refractivity contribution in [3.8, 4) is 0 Å². The van der Waals surface area contributed by atoms with Crippen LogP contribution in [0.4, 0.5) is 105 Å². The Kier molecular flexibility index (Phi) is 10.1. The van der Waals surface area contributed by atoms with Crippen molar-refractivity contribution < 1.29 is 105 Å². The third-order valence-corrected chi connectivity index (χ3v) is 5.47. The van der Waals surface area contributed by atoms with Crippen molar-refractivity contribution >= 4 is 0 Å². The van der Waals surface area contributed by atoms with Crippen molar-refractivity contribution in [2.24, 2.45) is 0 Å². The monoisotopic (exact) mass is 658 g/mol. The topological polar surface area (TPSA) is 0 Å². The van der Waals surface area contributed by atoms with E-state index in [0.29, 0.717) is 0 Å². The third-order valence-electron chi connectivity index (χ3n) is 5.47. The second-order valence-electron chi connectivity index (χ2n) is 8.04. The van der Waals surface area contributed by atoms with Gasteiger partial charge in [0.1, 0.15) is 0 Å². The zero-order valence-electron chi connectivity index (χ0n) is 18.2. The number of alkyl halides is 24. The maximum absolute atomic E-state index is 15.3. The standard InChI is InChI=1S/C16H10F24/c1-8(26,27)15(37,38)16(39,40)11(30,3(17)4(18)19)9(28,12(31,32)5(20)21)2-10(29,13(33,34)6(22)23)14(35,36)7(24)25/h3-7H,2H2,1H3. The van der Waals surface area contributed by atoms with E-state index in [0.717, 1.165) is 0 Å². The van der Waals surface area contributed by atoms with E-state index in [1.54, 1.807) is 0 Å². The zero-order chi connectivity index (χ0) is 33.1. The highest BCUT2D eigenvalue weighted by Gasteiger charge is 2.93. The molecule has 242 valence electrons. The molecule has 0 aromatic carbocycles. The van der Waals surface area contributed by atoms with Crippen molar-refractivity contribution in [1.82, 2.24) is 0 Å². The smallest absolute Gasteiger partial charge is 0.237 e. The minimum Gasteiger partial charge on any atom is -0.237 e. The molecule has 40 heavy (non-hydrogen) atoms. The molecule has 0 aromatic rings. The highest BCUT2D eigenvalue weighted by molar-refractivity contribution is 5.26. The van der Waals surface area contributed by atoms with Gasteiger partial charge in [-0.3, -0.25) is 0 Å². The van der Waals surface area contributed by atoms with Crippen LogP contribution in [0, 0.1) is 0 Å². The molecule has 0 aliphatic carbocycles. The Balaban J connectivity index is 8.46. The second kappa shape index (κ2) is 10.5. The fourth-order valence-electron chi connectivity index (χ4n) is 3.12. The summed E-state index contributed by atoms with van der Waals surface area (Å²) in [4.78, 5) is 0. The van der Waals surface area contributed by atoms with Crippen LogP contribution in [-0.4, -0.2) is 84.4 Å². The molecule has 0 saturated heterocycles. The van der Waals surface area contributed by atoms with Gasteiger partial charge in [-0.2, -0.15) is 52.7 Å². The molecule has 0 radical (unpaired) electrons. The van der Waals surface area contributed by atoms with Crippen LogP contribution in [0.5, 0.6) is 0 Å². The molecule has 0 aromatic heterocycles. The number of halogens is 24. The molecule has 0 saturated carbocycles. The second-order valence-corrected chi connectivity index (χ2v) is 8.04. The van der Waals surface area contributed by atoms with E-state index < -0.39 is 97.8 Å². The van der Waals surface area contributed by atoms with Crippen LogP contribution in [0.3, 0.4) is 0 Å². The third kappa shape index (κ3) is 4.99. The Morgan fingerprint density at radius 1 is 0.425 bits per heavy atom. The average Bonchev–Trinajstić information content (AvgIpc) is 2.75. The molecule has 0 N–H and O–H groups in total. The number of rotatable bonds is 14. The SMILES string of the molecule is CC(F)(F)C(F)(F)C(F)(F)C(F)(C(F)C(F)F)C(F)(CC(F)(C(F)(F)C(F)F)C(F)(F)C(F)F)C(F)(F)C(F)F. The van der Waals surface area contributed by atoms with Gasteiger partial charge >= 0.3 is 54.8 Å². The number of hydrogen-bond donors (Lipinski definition) is 0. The normalized spacial score (nSPS) is 19.4. The van der Waals surface area contributed by atoms with E-state index in [1.165, 1.54) is 0 Å². The van der Waals surface area contributed by atoms with Crippen LogP contribution >= 0.6 is 0 Å². The zero-order valence-corrected chi connectivity index (χ0v) is 18.2. The van der Waals surface area contributed by atoms with E-state index in [2.05, 4.69) is 0 Å². The van der Waals surface area contributed by atoms with Gasteiger partial charge in [-0.1, -0.05) is 0 Å². The first-order valence-electron chi connectivity index (χ1n) is 9.24. The van der Waals surface area contributed by atoms with Crippen LogP contribution in [0.25, 0.3) is 0 Å². The lowest BCUT2D eigenvalue weighted by Crippen LogP contribution is -2.80. The first kappa shape index (κ1) is 38.3. The van der Waals surface area contributed by atoms with Crippen molar-refractivity contribution in [3.05, 3.63) is 0 Å². The van der Waals surface area contributed by atoms with Crippen LogP contribution in [0.1, 0.15) is 13.3 Å². The van der Waals surface area contributed by atoms with Gasteiger partial charge in [0, 0.05) is 13.3 Å². The molecule has 0 heterocycles. The summed E-state index contributed by atoms with van der Waals surface area (Å²) in [5.41, 5.74) is -25.5. The van der Waals surface area contributed by atoms with Crippen molar-refractivity contribution in [1.29, 1.82) is 0 Å². The molecule has 24 heteroatoms. The van der Waals surface area contributed by atoms with Gasteiger partial charge in [0.05, 0.1) is 0 Å². The fraction of sp³-hybridized carbons (Fsp3) is 1.00. The Morgan fingerprint density at radius 2 is 0.700 bits per heavy atom. The van der Waals surface area contributed by atoms with E-state index in [9.17, 15) is 96.6 Å². The van der Waals surface area contributed by atoms with Gasteiger partial charge < -0.3 is 0 Å². The average molecular weight is 658 g/mol. The Labute approximate surface area is 204 Å². The van der Waals surface area contributed by atoms with Gasteiger partial charge in [-0.05, 0) is 0 Å². The Morgan fingerprint density at radius 3 is 0.925 bits per heavy atom. The summed E-state index contributed by atoms with van der Waals surface area (Å²) in [6.45, 7) is -1.53. The maximum atomic E-state index is 15.3. The summed E-state index contributed by atoms with van der Waals surface area (Å²) in [6.07, 6.45) is -37.9. The summed E-state index contributed by atoms with van der Waals surface area (Å²) >= 11 is 0. The lowest BCUT2D eigenvalue weighted by atomic mass is 9.65. The van der Waals surface area contributed by atoms with Crippen LogP contribution in [-0.2, 0) is 0 Å². The number of hydrogen-bond acceptors (Lipinski definition) is 0. The van der Waals surface area contributed by atoms with Crippen LogP contribution < -0.4 is 0 Å². The highest BCUT2D eigenvalue weighted by atomic mass is 19.4. The molecule has 0 rings (SSSR count). The summed E-state index contributed by atoms with van der Waals surface area (Å²) in [5.74, 6) is -47.8. The van der Waals surface area contributed by atoms with Gasteiger partial charge in [0.25, 0.3) is 17.8 Å². The first-order chi connectivity index (χ1) is 17.1. The molecule has 0 spiro atoms. The predicted octanol–water partition coefficient (Wildman–Crippen LogP) is 8.73. The van der Waals surface area contributed by atoms with Crippen molar-refractivity contribution in [2.45, 2.75) is 97.8 Å². The predicted molar refractivity (Wildman–Crippen MR) is 80.4 cm³/mol. The molecular weight excluding hydrogens is 648 g/mol. The molecule has 0 fully saturated rings. The highest BCUT2D eigenvalue weighted by Crippen LogP contribution is 2.66. The summed E-state index contributed by atoms with van der Waals surface area (Å²) in [6, 6.07) is 0. The fourth-order valence-corrected chi connectivity index (χ4v) is 3.12. The summed E-state index contributed by atoms with van der Waals surface area (Å²) in [5, 5.41) is 0. The van der Waals surface area contributed by atoms with Crippen molar-refractivity contribution in [3.63, 3.8) is 0 Å². The Bertz CT molecular complexity index is 837. The summed E-state index contributed by atoms with van der Waals surface area (Å²) < 4.78 is 326. The van der Waals surface area contributed by atoms with Gasteiger partial charge in [-0.15, -0.1) is 0 Å². The van der Waals surface area contributed by atoms with Crippen LogP contribution in [0.15, 0.2) is 0 Å². The van der Waals surface area contributed by atoms with Crippen LogP contribution in [0.2, 0.25) is 0 Å². The van der Waals surface area contributed by atoms with Gasteiger partial charge in [0.15, 0.2) is 0 Å². The maximum Gasteiger partial charge on any atom is 0.375 e. The molecule has 0 bridgehead atoms.